The molecule has 0 bridgehead atoms. The quantitative estimate of drug-likeness (QED) is 0.796. The highest BCUT2D eigenvalue weighted by molar-refractivity contribution is 5.88. The van der Waals surface area contributed by atoms with E-state index in [9.17, 15) is 9.59 Å². The summed E-state index contributed by atoms with van der Waals surface area (Å²) in [7, 11) is 0. The molecule has 7 nitrogen and oxygen atoms in total. The van der Waals surface area contributed by atoms with Crippen molar-refractivity contribution in [3.8, 4) is 5.69 Å². The van der Waals surface area contributed by atoms with Gasteiger partial charge in [0.2, 0.25) is 0 Å². The predicted octanol–water partition coefficient (Wildman–Crippen LogP) is 2.95. The van der Waals surface area contributed by atoms with Crippen LogP contribution in [0, 0.1) is 12.8 Å². The Morgan fingerprint density at radius 1 is 1.16 bits per heavy atom. The maximum absolute atomic E-state index is 12.2. The number of aliphatic carboxylic acids is 1. The van der Waals surface area contributed by atoms with Crippen molar-refractivity contribution in [2.24, 2.45) is 5.92 Å². The molecule has 25 heavy (non-hydrogen) atoms. The fourth-order valence-electron chi connectivity index (χ4n) is 3.19. The second-order valence-electron chi connectivity index (χ2n) is 6.40. The maximum Gasteiger partial charge on any atom is 0.320 e. The van der Waals surface area contributed by atoms with E-state index in [0.717, 1.165) is 11.4 Å². The summed E-state index contributed by atoms with van der Waals surface area (Å²) in [5.74, 6) is -0.548. The molecule has 1 aromatic carbocycles. The Hall–Kier alpha value is -2.83. The Kier molecular flexibility index (Phi) is 5.02. The summed E-state index contributed by atoms with van der Waals surface area (Å²) in [5, 5.41) is 19.1. The standard InChI is InChI=1S/C18H22N4O3/c1-12-11-16(21-22(12)15-5-3-2-4-6-15)20-18(25)19-14-9-7-13(8-10-14)17(23)24/h2-6,11,13-14H,7-10H2,1H3,(H,23,24)(H2,19,20,21,25). The van der Waals surface area contributed by atoms with Crippen LogP contribution in [-0.2, 0) is 4.79 Å². The number of nitrogens with zero attached hydrogens (tertiary/aromatic N) is 2. The zero-order chi connectivity index (χ0) is 17.8. The fraction of sp³-hybridized carbons (Fsp3) is 0.389. The van der Waals surface area contributed by atoms with Gasteiger partial charge in [-0.05, 0) is 44.7 Å². The van der Waals surface area contributed by atoms with Gasteiger partial charge < -0.3 is 10.4 Å². The van der Waals surface area contributed by atoms with E-state index >= 15 is 0 Å². The Bertz CT molecular complexity index is 749. The number of hydrogen-bond donors (Lipinski definition) is 3. The number of nitrogens with one attached hydrogen (secondary N) is 2. The van der Waals surface area contributed by atoms with E-state index in [0.29, 0.717) is 31.5 Å². The molecule has 1 aromatic heterocycles. The van der Waals surface area contributed by atoms with E-state index in [4.69, 9.17) is 5.11 Å². The minimum atomic E-state index is -0.746. The molecular formula is C18H22N4O3. The molecule has 7 heteroatoms. The van der Waals surface area contributed by atoms with Crippen LogP contribution in [0.15, 0.2) is 36.4 Å². The number of carbonyl (C=O) groups is 2. The van der Waals surface area contributed by atoms with Crippen LogP contribution in [0.4, 0.5) is 10.6 Å². The monoisotopic (exact) mass is 342 g/mol. The van der Waals surface area contributed by atoms with Gasteiger partial charge in [-0.2, -0.15) is 0 Å². The number of carboxylic acid groups (broad SMARTS) is 1. The van der Waals surface area contributed by atoms with E-state index in [1.807, 2.05) is 43.3 Å². The van der Waals surface area contributed by atoms with Crippen molar-refractivity contribution in [2.45, 2.75) is 38.6 Å². The lowest BCUT2D eigenvalue weighted by Gasteiger charge is -2.26. The Labute approximate surface area is 146 Å². The van der Waals surface area contributed by atoms with E-state index in [-0.39, 0.29) is 18.0 Å². The van der Waals surface area contributed by atoms with Gasteiger partial charge in [-0.1, -0.05) is 18.2 Å². The molecule has 3 rings (SSSR count). The summed E-state index contributed by atoms with van der Waals surface area (Å²) in [6.07, 6.45) is 2.56. The molecule has 3 N–H and O–H groups in total. The van der Waals surface area contributed by atoms with Crippen LogP contribution >= 0.6 is 0 Å². The van der Waals surface area contributed by atoms with Crippen LogP contribution < -0.4 is 10.6 Å². The normalized spacial score (nSPS) is 20.0. The number of aryl methyl sites for hydroxylation is 1. The van der Waals surface area contributed by atoms with Gasteiger partial charge in [0.15, 0.2) is 5.82 Å². The third kappa shape index (κ3) is 4.17. The van der Waals surface area contributed by atoms with Crippen molar-refractivity contribution in [2.75, 3.05) is 5.32 Å². The molecule has 1 heterocycles. The lowest BCUT2D eigenvalue weighted by Crippen LogP contribution is -2.41. The molecule has 1 aliphatic rings. The highest BCUT2D eigenvalue weighted by Crippen LogP contribution is 2.24. The number of anilines is 1. The summed E-state index contributed by atoms with van der Waals surface area (Å²) in [4.78, 5) is 23.1. The second kappa shape index (κ2) is 7.38. The van der Waals surface area contributed by atoms with Gasteiger partial charge in [0, 0.05) is 17.8 Å². The Morgan fingerprint density at radius 2 is 1.84 bits per heavy atom. The van der Waals surface area contributed by atoms with Crippen LogP contribution in [0.2, 0.25) is 0 Å². The number of aromatic nitrogens is 2. The average molecular weight is 342 g/mol. The average Bonchev–Trinajstić information content (AvgIpc) is 2.96. The largest absolute Gasteiger partial charge is 0.481 e. The van der Waals surface area contributed by atoms with Gasteiger partial charge in [0.05, 0.1) is 11.6 Å². The topological polar surface area (TPSA) is 96.2 Å². The highest BCUT2D eigenvalue weighted by Gasteiger charge is 2.26. The van der Waals surface area contributed by atoms with Crippen molar-refractivity contribution in [3.05, 3.63) is 42.1 Å². The molecule has 2 aromatic rings. The van der Waals surface area contributed by atoms with Crippen LogP contribution in [0.25, 0.3) is 5.69 Å². The summed E-state index contributed by atoms with van der Waals surface area (Å²) in [5.41, 5.74) is 1.85. The lowest BCUT2D eigenvalue weighted by molar-refractivity contribution is -0.142. The van der Waals surface area contributed by atoms with Crippen LogP contribution in [0.3, 0.4) is 0 Å². The molecule has 0 unspecified atom stereocenters. The zero-order valence-corrected chi connectivity index (χ0v) is 14.1. The molecule has 0 aliphatic heterocycles. The van der Waals surface area contributed by atoms with Crippen LogP contribution in [0.5, 0.6) is 0 Å². The van der Waals surface area contributed by atoms with E-state index in [1.54, 1.807) is 4.68 Å². The number of para-hydroxylation sites is 1. The van der Waals surface area contributed by atoms with E-state index < -0.39 is 5.97 Å². The number of benzene rings is 1. The molecule has 132 valence electrons. The van der Waals surface area contributed by atoms with E-state index in [1.165, 1.54) is 0 Å². The molecule has 0 atom stereocenters. The predicted molar refractivity (Wildman–Crippen MR) is 93.8 cm³/mol. The van der Waals surface area contributed by atoms with Gasteiger partial charge in [-0.3, -0.25) is 10.1 Å². The first kappa shape index (κ1) is 17.0. The minimum Gasteiger partial charge on any atom is -0.481 e. The first-order valence-corrected chi connectivity index (χ1v) is 8.45. The summed E-state index contributed by atoms with van der Waals surface area (Å²) in [6, 6.07) is 11.2. The number of carboxylic acids is 1. The molecule has 0 radical (unpaired) electrons. The smallest absolute Gasteiger partial charge is 0.320 e. The first-order valence-electron chi connectivity index (χ1n) is 8.45. The molecule has 2 amide bonds. The highest BCUT2D eigenvalue weighted by atomic mass is 16.4. The Balaban J connectivity index is 1.56. The van der Waals surface area contributed by atoms with Gasteiger partial charge in [0.1, 0.15) is 0 Å². The molecule has 1 fully saturated rings. The van der Waals surface area contributed by atoms with Crippen LogP contribution in [-0.4, -0.2) is 32.9 Å². The van der Waals surface area contributed by atoms with E-state index in [2.05, 4.69) is 15.7 Å². The maximum atomic E-state index is 12.2. The number of urea groups is 1. The second-order valence-corrected chi connectivity index (χ2v) is 6.40. The Morgan fingerprint density at radius 3 is 2.48 bits per heavy atom. The number of rotatable bonds is 4. The number of carbonyl (C=O) groups excluding carboxylic acids is 1. The van der Waals surface area contributed by atoms with Crippen molar-refractivity contribution in [3.63, 3.8) is 0 Å². The van der Waals surface area contributed by atoms with Crippen molar-refractivity contribution in [1.82, 2.24) is 15.1 Å². The van der Waals surface area contributed by atoms with Crippen molar-refractivity contribution >= 4 is 17.8 Å². The van der Waals surface area contributed by atoms with Gasteiger partial charge in [-0.25, -0.2) is 9.48 Å². The summed E-state index contributed by atoms with van der Waals surface area (Å²) < 4.78 is 1.77. The fourth-order valence-corrected chi connectivity index (χ4v) is 3.19. The number of amides is 2. The molecule has 0 saturated heterocycles. The summed E-state index contributed by atoms with van der Waals surface area (Å²) in [6.45, 7) is 1.93. The van der Waals surface area contributed by atoms with Gasteiger partial charge in [0.25, 0.3) is 0 Å². The molecule has 0 spiro atoms. The van der Waals surface area contributed by atoms with Crippen molar-refractivity contribution in [1.29, 1.82) is 0 Å². The summed E-state index contributed by atoms with van der Waals surface area (Å²) >= 11 is 0. The van der Waals surface area contributed by atoms with Gasteiger partial charge in [-0.15, -0.1) is 5.10 Å². The third-order valence-corrected chi connectivity index (χ3v) is 4.54. The number of hydrogen-bond acceptors (Lipinski definition) is 3. The zero-order valence-electron chi connectivity index (χ0n) is 14.1. The van der Waals surface area contributed by atoms with Gasteiger partial charge >= 0.3 is 12.0 Å². The molecule has 1 saturated carbocycles. The SMILES string of the molecule is Cc1cc(NC(=O)NC2CCC(C(=O)O)CC2)nn1-c1ccccc1. The third-order valence-electron chi connectivity index (χ3n) is 4.54. The molecular weight excluding hydrogens is 320 g/mol. The minimum absolute atomic E-state index is 0.00732. The molecule has 1 aliphatic carbocycles. The lowest BCUT2D eigenvalue weighted by atomic mass is 9.86. The van der Waals surface area contributed by atoms with Crippen LogP contribution in [0.1, 0.15) is 31.4 Å². The van der Waals surface area contributed by atoms with Crippen molar-refractivity contribution < 1.29 is 14.7 Å². The first-order chi connectivity index (χ1) is 12.0.